The minimum atomic E-state index is -1.69. The first-order chi connectivity index (χ1) is 6.46. The molecule has 6 N–H and O–H groups in total. The van der Waals surface area contributed by atoms with E-state index in [0.717, 1.165) is 0 Å². The van der Waals surface area contributed by atoms with Gasteiger partial charge in [0.05, 0.1) is 12.6 Å². The van der Waals surface area contributed by atoms with Crippen molar-refractivity contribution >= 4 is 0 Å². The zero-order chi connectivity index (χ0) is 10.9. The Labute approximate surface area is 81.9 Å². The molecule has 0 aromatic heterocycles. The van der Waals surface area contributed by atoms with Crippen molar-refractivity contribution in [3.63, 3.8) is 0 Å². The third-order valence-electron chi connectivity index (χ3n) is 2.66. The molecule has 0 bridgehead atoms. The quantitative estimate of drug-likeness (QED) is 0.342. The molecule has 0 radical (unpaired) electrons. The van der Waals surface area contributed by atoms with E-state index >= 15 is 0 Å². The summed E-state index contributed by atoms with van der Waals surface area (Å²) >= 11 is 0. The molecule has 6 nitrogen and oxygen atoms in total. The van der Waals surface area contributed by atoms with E-state index in [2.05, 4.69) is 0 Å². The molecule has 14 heavy (non-hydrogen) atoms. The third kappa shape index (κ3) is 1.77. The maximum atomic E-state index is 9.81. The van der Waals surface area contributed by atoms with Crippen molar-refractivity contribution < 1.29 is 25.2 Å². The van der Waals surface area contributed by atoms with Crippen LogP contribution in [0.1, 0.15) is 13.3 Å². The third-order valence-corrected chi connectivity index (χ3v) is 2.66. The van der Waals surface area contributed by atoms with Gasteiger partial charge in [-0.2, -0.15) is 0 Å². The minimum Gasteiger partial charge on any atom is -0.394 e. The molecule has 0 aliphatic carbocycles. The lowest BCUT2D eigenvalue weighted by atomic mass is 9.89. The van der Waals surface area contributed by atoms with Crippen molar-refractivity contribution in [3.8, 4) is 0 Å². The van der Waals surface area contributed by atoms with E-state index in [1.807, 2.05) is 0 Å². The first-order valence-corrected chi connectivity index (χ1v) is 4.59. The maximum absolute atomic E-state index is 9.81. The summed E-state index contributed by atoms with van der Waals surface area (Å²) in [4.78, 5) is 0. The van der Waals surface area contributed by atoms with Crippen LogP contribution in [-0.2, 0) is 4.74 Å². The molecule has 1 aliphatic heterocycles. The summed E-state index contributed by atoms with van der Waals surface area (Å²) in [7, 11) is 0. The van der Waals surface area contributed by atoms with Crippen LogP contribution in [0.3, 0.4) is 0 Å². The number of hydrogen-bond acceptors (Lipinski definition) is 6. The second-order valence-corrected chi connectivity index (χ2v) is 3.54. The van der Waals surface area contributed by atoms with Crippen LogP contribution in [0.25, 0.3) is 0 Å². The van der Waals surface area contributed by atoms with E-state index in [1.165, 1.54) is 0 Å². The Morgan fingerprint density at radius 1 is 1.36 bits per heavy atom. The zero-order valence-electron chi connectivity index (χ0n) is 8.00. The monoisotopic (exact) mass is 207 g/mol. The van der Waals surface area contributed by atoms with Gasteiger partial charge >= 0.3 is 0 Å². The molecule has 1 rings (SSSR count). The Balaban J connectivity index is 2.84. The van der Waals surface area contributed by atoms with Crippen molar-refractivity contribution in [2.75, 3.05) is 6.61 Å². The van der Waals surface area contributed by atoms with Crippen molar-refractivity contribution in [2.24, 2.45) is 5.73 Å². The summed E-state index contributed by atoms with van der Waals surface area (Å²) in [5, 5.41) is 37.6. The van der Waals surface area contributed by atoms with Gasteiger partial charge in [-0.3, -0.25) is 0 Å². The summed E-state index contributed by atoms with van der Waals surface area (Å²) in [5.41, 5.74) is 5.51. The van der Waals surface area contributed by atoms with Crippen LogP contribution in [0.15, 0.2) is 0 Å². The van der Waals surface area contributed by atoms with Crippen LogP contribution in [0.5, 0.6) is 0 Å². The van der Waals surface area contributed by atoms with Crippen molar-refractivity contribution in [2.45, 2.75) is 43.5 Å². The average Bonchev–Trinajstić information content (AvgIpc) is 2.20. The number of hydrogen-bond donors (Lipinski definition) is 5. The fourth-order valence-electron chi connectivity index (χ4n) is 1.57. The highest BCUT2D eigenvalue weighted by Gasteiger charge is 2.50. The molecule has 84 valence electrons. The SMILES string of the molecule is CCC1(O)O[C@H](CO)[C@@H](O)[C@H](O)[C@H]1N. The van der Waals surface area contributed by atoms with Crippen molar-refractivity contribution in [1.29, 1.82) is 0 Å². The lowest BCUT2D eigenvalue weighted by Crippen LogP contribution is -2.68. The predicted octanol–water partition coefficient (Wildman–Crippen LogP) is -2.47. The van der Waals surface area contributed by atoms with Crippen molar-refractivity contribution in [3.05, 3.63) is 0 Å². The molecule has 0 aromatic carbocycles. The van der Waals surface area contributed by atoms with Gasteiger partial charge in [-0.15, -0.1) is 0 Å². The second kappa shape index (κ2) is 4.09. The molecule has 0 saturated carbocycles. The highest BCUT2D eigenvalue weighted by molar-refractivity contribution is 4.97. The molecule has 6 heteroatoms. The Morgan fingerprint density at radius 3 is 2.36 bits per heavy atom. The van der Waals surface area contributed by atoms with Crippen LogP contribution in [0, 0.1) is 0 Å². The van der Waals surface area contributed by atoms with Crippen LogP contribution in [0.2, 0.25) is 0 Å². The summed E-state index contributed by atoms with van der Waals surface area (Å²) in [5.74, 6) is -1.69. The van der Waals surface area contributed by atoms with Gasteiger partial charge in [-0.25, -0.2) is 0 Å². The van der Waals surface area contributed by atoms with Crippen LogP contribution in [-0.4, -0.2) is 57.2 Å². The van der Waals surface area contributed by atoms with E-state index < -0.39 is 36.7 Å². The lowest BCUT2D eigenvalue weighted by molar-refractivity contribution is -0.314. The number of nitrogens with two attached hydrogens (primary N) is 1. The van der Waals surface area contributed by atoms with E-state index in [4.69, 9.17) is 15.6 Å². The molecule has 1 unspecified atom stereocenters. The fraction of sp³-hybridized carbons (Fsp3) is 1.00. The smallest absolute Gasteiger partial charge is 0.183 e. The lowest BCUT2D eigenvalue weighted by Gasteiger charge is -2.45. The maximum Gasteiger partial charge on any atom is 0.183 e. The summed E-state index contributed by atoms with van der Waals surface area (Å²) in [6, 6.07) is -1.08. The number of aliphatic hydroxyl groups excluding tert-OH is 3. The summed E-state index contributed by atoms with van der Waals surface area (Å²) in [6.07, 6.45) is -3.41. The first kappa shape index (κ1) is 11.8. The van der Waals surface area contributed by atoms with Gasteiger partial charge in [0.15, 0.2) is 5.79 Å². The van der Waals surface area contributed by atoms with E-state index in [0.29, 0.717) is 0 Å². The van der Waals surface area contributed by atoms with Crippen LogP contribution in [0.4, 0.5) is 0 Å². The fourth-order valence-corrected chi connectivity index (χ4v) is 1.57. The molecule has 0 aromatic rings. The molecule has 1 heterocycles. The first-order valence-electron chi connectivity index (χ1n) is 4.59. The minimum absolute atomic E-state index is 0.175. The Kier molecular flexibility index (Phi) is 3.46. The van der Waals surface area contributed by atoms with E-state index in [1.54, 1.807) is 6.92 Å². The predicted molar refractivity (Wildman–Crippen MR) is 47.2 cm³/mol. The number of ether oxygens (including phenoxy) is 1. The molecular weight excluding hydrogens is 190 g/mol. The summed E-state index contributed by atoms with van der Waals surface area (Å²) in [6.45, 7) is 1.16. The Morgan fingerprint density at radius 2 is 1.93 bits per heavy atom. The molecule has 0 spiro atoms. The second-order valence-electron chi connectivity index (χ2n) is 3.54. The molecular formula is C8H17NO5. The van der Waals surface area contributed by atoms with Gasteiger partial charge in [0.2, 0.25) is 0 Å². The molecule has 1 aliphatic rings. The Bertz CT molecular complexity index is 200. The highest BCUT2D eigenvalue weighted by Crippen LogP contribution is 2.28. The standard InChI is InChI=1S/C8H17NO5/c1-2-8(13)7(9)6(12)5(11)4(3-10)14-8/h4-7,10-13H,2-3,9H2,1H3/t4-,5-,6+,7-,8?/m1/s1. The zero-order valence-corrected chi connectivity index (χ0v) is 8.00. The molecule has 1 fully saturated rings. The largest absolute Gasteiger partial charge is 0.394 e. The molecule has 0 amide bonds. The van der Waals surface area contributed by atoms with Gasteiger partial charge in [-0.1, -0.05) is 6.92 Å². The highest BCUT2D eigenvalue weighted by atomic mass is 16.6. The van der Waals surface area contributed by atoms with Gasteiger partial charge in [0, 0.05) is 6.42 Å². The summed E-state index contributed by atoms with van der Waals surface area (Å²) < 4.78 is 5.04. The van der Waals surface area contributed by atoms with E-state index in [-0.39, 0.29) is 6.42 Å². The van der Waals surface area contributed by atoms with Gasteiger partial charge in [-0.05, 0) is 0 Å². The average molecular weight is 207 g/mol. The normalized spacial score (nSPS) is 49.3. The number of aliphatic hydroxyl groups is 4. The molecule has 1 saturated heterocycles. The Hall–Kier alpha value is -0.240. The van der Waals surface area contributed by atoms with Gasteiger partial charge < -0.3 is 30.9 Å². The van der Waals surface area contributed by atoms with Crippen LogP contribution < -0.4 is 5.73 Å². The van der Waals surface area contributed by atoms with Crippen molar-refractivity contribution in [1.82, 2.24) is 0 Å². The van der Waals surface area contributed by atoms with Gasteiger partial charge in [0.25, 0.3) is 0 Å². The molecule has 5 atom stereocenters. The van der Waals surface area contributed by atoms with E-state index in [9.17, 15) is 15.3 Å². The topological polar surface area (TPSA) is 116 Å². The number of rotatable bonds is 2. The van der Waals surface area contributed by atoms with Crippen LogP contribution >= 0.6 is 0 Å². The van der Waals surface area contributed by atoms with Gasteiger partial charge in [0.1, 0.15) is 18.3 Å².